The predicted octanol–water partition coefficient (Wildman–Crippen LogP) is 5.49. The van der Waals surface area contributed by atoms with Crippen LogP contribution in [-0.4, -0.2) is 12.6 Å². The summed E-state index contributed by atoms with van der Waals surface area (Å²) < 4.78 is 21.8. The zero-order chi connectivity index (χ0) is 22.7. The Morgan fingerprint density at radius 1 is 0.781 bits per heavy atom. The predicted molar refractivity (Wildman–Crippen MR) is 121 cm³/mol. The first-order valence-electron chi connectivity index (χ1n) is 10.1. The lowest BCUT2D eigenvalue weighted by molar-refractivity contribution is -0.136. The minimum absolute atomic E-state index is 0.271. The highest BCUT2D eigenvalue weighted by Crippen LogP contribution is 2.26. The molecule has 32 heavy (non-hydrogen) atoms. The summed E-state index contributed by atoms with van der Waals surface area (Å²) in [5.74, 6) is 1.64. The van der Waals surface area contributed by atoms with Gasteiger partial charge in [0.1, 0.15) is 28.6 Å². The zero-order valence-electron chi connectivity index (χ0n) is 18.0. The third-order valence-corrected chi connectivity index (χ3v) is 4.77. The fraction of sp³-hybridized carbons (Fsp3) is 0.154. The Morgan fingerprint density at radius 2 is 1.44 bits per heavy atom. The van der Waals surface area contributed by atoms with Gasteiger partial charge in [-0.05, 0) is 86.0 Å². The van der Waals surface area contributed by atoms with E-state index in [4.69, 9.17) is 18.6 Å². The third kappa shape index (κ3) is 5.16. The van der Waals surface area contributed by atoms with Crippen molar-refractivity contribution in [3.8, 4) is 23.0 Å². The second kappa shape index (κ2) is 8.98. The van der Waals surface area contributed by atoms with E-state index in [9.17, 15) is 9.59 Å². The highest BCUT2D eigenvalue weighted by Gasteiger charge is 2.10. The fourth-order valence-corrected chi connectivity index (χ4v) is 3.40. The minimum Gasteiger partial charge on any atom is -0.482 e. The van der Waals surface area contributed by atoms with E-state index in [-0.39, 0.29) is 12.4 Å². The summed E-state index contributed by atoms with van der Waals surface area (Å²) in [4.78, 5) is 23.7. The van der Waals surface area contributed by atoms with E-state index in [0.29, 0.717) is 17.1 Å². The molecule has 3 aromatic carbocycles. The Bertz CT molecular complexity index is 1310. The quantitative estimate of drug-likeness (QED) is 0.229. The number of ether oxygens (including phenoxy) is 3. The Morgan fingerprint density at radius 3 is 2.16 bits per heavy atom. The van der Waals surface area contributed by atoms with Gasteiger partial charge in [-0.15, -0.1) is 0 Å². The molecule has 4 aromatic rings. The van der Waals surface area contributed by atoms with Crippen LogP contribution in [0.1, 0.15) is 16.7 Å². The van der Waals surface area contributed by atoms with Gasteiger partial charge < -0.3 is 18.6 Å². The number of carbonyl (C=O) groups is 1. The van der Waals surface area contributed by atoms with Gasteiger partial charge in [-0.3, -0.25) is 0 Å². The van der Waals surface area contributed by atoms with E-state index in [2.05, 4.69) is 6.07 Å². The summed E-state index contributed by atoms with van der Waals surface area (Å²) in [6.45, 7) is 5.58. The van der Waals surface area contributed by atoms with Crippen LogP contribution >= 0.6 is 0 Å². The standard InChI is InChI=1S/C26H22O6/c1-16-10-17(2)12-22(11-16)30-20-6-4-19(5-7-20)29-15-26(28)31-21-8-9-23-18(3)13-25(27)32-24(23)14-21/h4-14H,15H2,1-3H3. The molecule has 0 atom stereocenters. The number of esters is 1. The van der Waals surface area contributed by atoms with Crippen molar-refractivity contribution < 1.29 is 23.4 Å². The lowest BCUT2D eigenvalue weighted by Gasteiger charge is -2.10. The maximum absolute atomic E-state index is 12.2. The monoisotopic (exact) mass is 430 g/mol. The minimum atomic E-state index is -0.574. The topological polar surface area (TPSA) is 75.0 Å². The molecule has 0 aliphatic heterocycles. The lowest BCUT2D eigenvalue weighted by Crippen LogP contribution is -2.17. The molecule has 0 unspecified atom stereocenters. The fourth-order valence-electron chi connectivity index (χ4n) is 3.40. The van der Waals surface area contributed by atoms with Crippen LogP contribution in [-0.2, 0) is 4.79 Å². The molecule has 6 nitrogen and oxygen atoms in total. The van der Waals surface area contributed by atoms with Gasteiger partial charge in [-0.2, -0.15) is 0 Å². The molecule has 0 aliphatic rings. The van der Waals surface area contributed by atoms with Crippen molar-refractivity contribution in [1.29, 1.82) is 0 Å². The molecule has 0 bridgehead atoms. The highest BCUT2D eigenvalue weighted by molar-refractivity contribution is 5.82. The average Bonchev–Trinajstić information content (AvgIpc) is 2.72. The molecule has 0 N–H and O–H groups in total. The molecule has 1 aromatic heterocycles. The Balaban J connectivity index is 1.35. The summed E-state index contributed by atoms with van der Waals surface area (Å²) in [6, 6.07) is 19.3. The van der Waals surface area contributed by atoms with Gasteiger partial charge in [-0.1, -0.05) is 6.07 Å². The first-order chi connectivity index (χ1) is 15.4. The van der Waals surface area contributed by atoms with E-state index < -0.39 is 11.6 Å². The van der Waals surface area contributed by atoms with Crippen molar-refractivity contribution in [3.63, 3.8) is 0 Å². The summed E-state index contributed by atoms with van der Waals surface area (Å²) in [6.07, 6.45) is 0. The van der Waals surface area contributed by atoms with E-state index in [1.54, 1.807) is 36.4 Å². The van der Waals surface area contributed by atoms with Gasteiger partial charge in [0.05, 0.1) is 0 Å². The van der Waals surface area contributed by atoms with Crippen LogP contribution in [0.15, 0.2) is 75.9 Å². The molecule has 0 fully saturated rings. The first-order valence-corrected chi connectivity index (χ1v) is 10.1. The number of fused-ring (bicyclic) bond motifs is 1. The van der Waals surface area contributed by atoms with E-state index >= 15 is 0 Å². The molecule has 1 heterocycles. The molecule has 0 saturated heterocycles. The summed E-state index contributed by atoms with van der Waals surface area (Å²) >= 11 is 0. The molecule has 0 aliphatic carbocycles. The van der Waals surface area contributed by atoms with Crippen molar-refractivity contribution in [3.05, 3.63) is 93.8 Å². The average molecular weight is 430 g/mol. The number of hydrogen-bond donors (Lipinski definition) is 0. The number of carbonyl (C=O) groups excluding carboxylic acids is 1. The molecule has 4 rings (SSSR count). The Hall–Kier alpha value is -4.06. The van der Waals surface area contributed by atoms with Crippen LogP contribution in [0, 0.1) is 20.8 Å². The molecule has 0 saturated carbocycles. The summed E-state index contributed by atoms with van der Waals surface area (Å²) in [5, 5.41) is 0.781. The van der Waals surface area contributed by atoms with Crippen LogP contribution < -0.4 is 19.8 Å². The lowest BCUT2D eigenvalue weighted by atomic mass is 10.1. The van der Waals surface area contributed by atoms with Crippen molar-refractivity contribution in [2.75, 3.05) is 6.61 Å². The Kier molecular flexibility index (Phi) is 5.94. The van der Waals surface area contributed by atoms with Gasteiger partial charge in [0.25, 0.3) is 0 Å². The van der Waals surface area contributed by atoms with Gasteiger partial charge in [-0.25, -0.2) is 9.59 Å². The molecule has 162 valence electrons. The SMILES string of the molecule is Cc1cc(C)cc(Oc2ccc(OCC(=O)Oc3ccc4c(C)cc(=O)oc4c3)cc2)c1. The zero-order valence-corrected chi connectivity index (χ0v) is 18.0. The smallest absolute Gasteiger partial charge is 0.349 e. The van der Waals surface area contributed by atoms with Gasteiger partial charge >= 0.3 is 11.6 Å². The van der Waals surface area contributed by atoms with Crippen LogP contribution in [0.5, 0.6) is 23.0 Å². The normalized spacial score (nSPS) is 10.7. The molecule has 6 heteroatoms. The summed E-state index contributed by atoms with van der Waals surface area (Å²) in [5.41, 5.74) is 2.96. The summed E-state index contributed by atoms with van der Waals surface area (Å²) in [7, 11) is 0. The van der Waals surface area contributed by atoms with Crippen molar-refractivity contribution in [2.45, 2.75) is 20.8 Å². The second-order valence-corrected chi connectivity index (χ2v) is 7.57. The van der Waals surface area contributed by atoms with Gasteiger partial charge in [0, 0.05) is 17.5 Å². The highest BCUT2D eigenvalue weighted by atomic mass is 16.6. The molecule has 0 radical (unpaired) electrons. The van der Waals surface area contributed by atoms with Crippen LogP contribution in [0.25, 0.3) is 11.0 Å². The number of benzene rings is 3. The molecule has 0 amide bonds. The van der Waals surface area contributed by atoms with E-state index in [0.717, 1.165) is 27.8 Å². The number of hydrogen-bond acceptors (Lipinski definition) is 6. The van der Waals surface area contributed by atoms with Crippen molar-refractivity contribution in [1.82, 2.24) is 0 Å². The largest absolute Gasteiger partial charge is 0.482 e. The first kappa shape index (κ1) is 21.2. The van der Waals surface area contributed by atoms with E-state index in [1.165, 1.54) is 12.1 Å². The van der Waals surface area contributed by atoms with Crippen LogP contribution in [0.2, 0.25) is 0 Å². The number of rotatable bonds is 6. The van der Waals surface area contributed by atoms with Crippen LogP contribution in [0.3, 0.4) is 0 Å². The van der Waals surface area contributed by atoms with Crippen LogP contribution in [0.4, 0.5) is 0 Å². The van der Waals surface area contributed by atoms with Gasteiger partial charge in [0.2, 0.25) is 0 Å². The maximum atomic E-state index is 12.2. The van der Waals surface area contributed by atoms with E-state index in [1.807, 2.05) is 32.9 Å². The van der Waals surface area contributed by atoms with Crippen molar-refractivity contribution >= 4 is 16.9 Å². The molecule has 0 spiro atoms. The molecular formula is C26H22O6. The van der Waals surface area contributed by atoms with Gasteiger partial charge in [0.15, 0.2) is 6.61 Å². The maximum Gasteiger partial charge on any atom is 0.349 e. The second-order valence-electron chi connectivity index (χ2n) is 7.57. The van der Waals surface area contributed by atoms with Crippen molar-refractivity contribution in [2.24, 2.45) is 0 Å². The third-order valence-electron chi connectivity index (χ3n) is 4.77. The molecular weight excluding hydrogens is 408 g/mol. The Labute approximate surface area is 185 Å². The number of aryl methyl sites for hydroxylation is 3.